The third kappa shape index (κ3) is 5.21. The number of fused-ring (bicyclic) bond motifs is 1. The lowest BCUT2D eigenvalue weighted by molar-refractivity contribution is -0.155. The van der Waals surface area contributed by atoms with Gasteiger partial charge in [0.25, 0.3) is 0 Å². The molecule has 1 aliphatic heterocycles. The van der Waals surface area contributed by atoms with Crippen molar-refractivity contribution in [2.75, 3.05) is 18.0 Å². The van der Waals surface area contributed by atoms with Crippen LogP contribution in [0, 0.1) is 16.7 Å². The van der Waals surface area contributed by atoms with Crippen molar-refractivity contribution in [3.63, 3.8) is 0 Å². The molecule has 5 rings (SSSR count). The van der Waals surface area contributed by atoms with Gasteiger partial charge in [-0.05, 0) is 50.3 Å². The molecular formula is C28H31F3N8. The normalized spacial score (nSPS) is 17.2. The lowest BCUT2D eigenvalue weighted by Crippen LogP contribution is -2.54. The van der Waals surface area contributed by atoms with Crippen molar-refractivity contribution in [3.05, 3.63) is 54.7 Å². The van der Waals surface area contributed by atoms with Gasteiger partial charge in [-0.2, -0.15) is 28.6 Å². The maximum atomic E-state index is 13.1. The number of nitrogens with zero attached hydrogens (tertiary/aromatic N) is 7. The lowest BCUT2D eigenvalue weighted by Gasteiger charge is -2.44. The summed E-state index contributed by atoms with van der Waals surface area (Å²) in [6, 6.07) is 6.38. The van der Waals surface area contributed by atoms with E-state index in [-0.39, 0.29) is 11.5 Å². The molecule has 8 nitrogen and oxygen atoms in total. The van der Waals surface area contributed by atoms with E-state index in [1.807, 2.05) is 44.6 Å². The number of halogens is 3. The average molecular weight is 537 g/mol. The van der Waals surface area contributed by atoms with Crippen LogP contribution in [-0.4, -0.2) is 55.7 Å². The summed E-state index contributed by atoms with van der Waals surface area (Å²) in [7, 11) is 1.86. The van der Waals surface area contributed by atoms with Crippen molar-refractivity contribution in [2.24, 2.45) is 12.5 Å². The number of aromatic nitrogens is 5. The van der Waals surface area contributed by atoms with Crippen molar-refractivity contribution in [1.82, 2.24) is 29.7 Å². The largest absolute Gasteiger partial charge is 0.403 e. The zero-order valence-electron chi connectivity index (χ0n) is 22.4. The zero-order valence-corrected chi connectivity index (χ0v) is 22.4. The minimum Gasteiger partial charge on any atom is -0.357 e. The van der Waals surface area contributed by atoms with Crippen LogP contribution >= 0.6 is 0 Å². The quantitative estimate of drug-likeness (QED) is 0.364. The Balaban J connectivity index is 1.36. The Bertz CT molecular complexity index is 1500. The molecule has 1 N–H and O–H groups in total. The molecule has 5 heterocycles. The first-order valence-corrected chi connectivity index (χ1v) is 12.9. The first-order chi connectivity index (χ1) is 18.5. The number of anilines is 1. The lowest BCUT2D eigenvalue weighted by atomic mass is 9.74. The van der Waals surface area contributed by atoms with Gasteiger partial charge in [-0.1, -0.05) is 6.92 Å². The number of alkyl halides is 3. The van der Waals surface area contributed by atoms with Crippen LogP contribution in [0.1, 0.15) is 39.2 Å². The van der Waals surface area contributed by atoms with Gasteiger partial charge < -0.3 is 10.2 Å². The molecule has 1 saturated heterocycles. The van der Waals surface area contributed by atoms with Gasteiger partial charge >= 0.3 is 6.18 Å². The highest BCUT2D eigenvalue weighted by molar-refractivity contribution is 5.87. The maximum Gasteiger partial charge on any atom is 0.403 e. The summed E-state index contributed by atoms with van der Waals surface area (Å²) in [6.45, 7) is 6.48. The highest BCUT2D eigenvalue weighted by atomic mass is 19.4. The van der Waals surface area contributed by atoms with Gasteiger partial charge in [-0.25, -0.2) is 9.50 Å². The molecule has 204 valence electrons. The number of aryl methyl sites for hydroxylation is 1. The van der Waals surface area contributed by atoms with Gasteiger partial charge in [0.05, 0.1) is 23.5 Å². The minimum atomic E-state index is -4.26. The van der Waals surface area contributed by atoms with Gasteiger partial charge in [0.15, 0.2) is 0 Å². The molecule has 1 unspecified atom stereocenters. The molecule has 11 heteroatoms. The molecule has 0 aliphatic carbocycles. The molecule has 0 bridgehead atoms. The van der Waals surface area contributed by atoms with Crippen molar-refractivity contribution < 1.29 is 13.2 Å². The van der Waals surface area contributed by atoms with E-state index in [1.165, 1.54) is 6.92 Å². The van der Waals surface area contributed by atoms with Crippen LogP contribution in [0.4, 0.5) is 19.0 Å². The number of piperidine rings is 1. The topological polar surface area (TPSA) is 87.1 Å². The van der Waals surface area contributed by atoms with Crippen molar-refractivity contribution in [3.8, 4) is 28.3 Å². The number of nitriles is 1. The van der Waals surface area contributed by atoms with E-state index in [4.69, 9.17) is 4.98 Å². The Morgan fingerprint density at radius 2 is 1.77 bits per heavy atom. The molecule has 39 heavy (non-hydrogen) atoms. The van der Waals surface area contributed by atoms with Crippen LogP contribution < -0.4 is 10.2 Å². The molecule has 0 saturated carbocycles. The van der Waals surface area contributed by atoms with E-state index in [2.05, 4.69) is 33.4 Å². The van der Waals surface area contributed by atoms with E-state index in [1.54, 1.807) is 27.8 Å². The molecule has 1 fully saturated rings. The third-order valence-electron chi connectivity index (χ3n) is 8.10. The highest BCUT2D eigenvalue weighted by Gasteiger charge is 2.41. The van der Waals surface area contributed by atoms with Gasteiger partial charge in [0.2, 0.25) is 0 Å². The Morgan fingerprint density at radius 1 is 1.03 bits per heavy atom. The summed E-state index contributed by atoms with van der Waals surface area (Å²) in [5.74, 6) is 0.818. The molecule has 4 aromatic rings. The predicted molar refractivity (Wildman–Crippen MR) is 143 cm³/mol. The summed E-state index contributed by atoms with van der Waals surface area (Å²) >= 11 is 0. The Hall–Kier alpha value is -3.91. The number of rotatable bonds is 6. The fourth-order valence-electron chi connectivity index (χ4n) is 5.23. The second-order valence-corrected chi connectivity index (χ2v) is 10.7. The van der Waals surface area contributed by atoms with E-state index < -0.39 is 12.2 Å². The van der Waals surface area contributed by atoms with E-state index >= 15 is 0 Å². The monoisotopic (exact) mass is 536 g/mol. The second-order valence-electron chi connectivity index (χ2n) is 10.7. The SMILES string of the molecule is CC(N[C@H](C)C(F)(F)F)C1(C)CCN(c2ccc(-c3cc(-c4cnn(C)c4)cn4ncc(C#N)c34)cn2)CC1. The van der Waals surface area contributed by atoms with E-state index in [0.717, 1.165) is 40.9 Å². The predicted octanol–water partition coefficient (Wildman–Crippen LogP) is 5.20. The molecule has 0 radical (unpaired) electrons. The van der Waals surface area contributed by atoms with Gasteiger partial charge in [-0.15, -0.1) is 0 Å². The van der Waals surface area contributed by atoms with Crippen LogP contribution in [0.3, 0.4) is 0 Å². The average Bonchev–Trinajstić information content (AvgIpc) is 3.54. The van der Waals surface area contributed by atoms with Gasteiger partial charge in [0.1, 0.15) is 17.9 Å². The number of pyridine rings is 2. The Morgan fingerprint density at radius 3 is 2.36 bits per heavy atom. The number of hydrogen-bond acceptors (Lipinski definition) is 6. The third-order valence-corrected chi connectivity index (χ3v) is 8.10. The zero-order chi connectivity index (χ0) is 27.9. The Labute approximate surface area is 225 Å². The van der Waals surface area contributed by atoms with Crippen LogP contribution in [-0.2, 0) is 7.05 Å². The fourth-order valence-corrected chi connectivity index (χ4v) is 5.23. The summed E-state index contributed by atoms with van der Waals surface area (Å²) in [5.41, 5.74) is 4.49. The number of nitrogens with one attached hydrogen (secondary N) is 1. The first kappa shape index (κ1) is 26.7. The highest BCUT2D eigenvalue weighted by Crippen LogP contribution is 2.37. The Kier molecular flexibility index (Phi) is 6.84. The van der Waals surface area contributed by atoms with Crippen LogP contribution in [0.25, 0.3) is 27.8 Å². The summed E-state index contributed by atoms with van der Waals surface area (Å²) in [5, 5.41) is 21.1. The molecule has 1 aliphatic rings. The van der Waals surface area contributed by atoms with Gasteiger partial charge in [0, 0.05) is 67.0 Å². The van der Waals surface area contributed by atoms with Crippen LogP contribution in [0.15, 0.2) is 49.2 Å². The fraction of sp³-hybridized carbons (Fsp3) is 0.429. The molecule has 4 aromatic heterocycles. The molecular weight excluding hydrogens is 505 g/mol. The standard InChI is InChI=1S/C28H31F3N8/c1-18(36-19(2)28(29,30)31)27(3)7-9-38(10-8-27)25-6-5-20(13-33-25)24-11-21(23-15-34-37(4)16-23)17-39-26(24)22(12-32)14-35-39/h5-6,11,13-19,36H,7-10H2,1-4H3/t18?,19-/m1/s1. The van der Waals surface area contributed by atoms with Crippen LogP contribution in [0.5, 0.6) is 0 Å². The van der Waals surface area contributed by atoms with Crippen LogP contribution in [0.2, 0.25) is 0 Å². The van der Waals surface area contributed by atoms with Crippen molar-refractivity contribution in [1.29, 1.82) is 5.26 Å². The molecule has 0 aromatic carbocycles. The second kappa shape index (κ2) is 10.0. The van der Waals surface area contributed by atoms with E-state index in [0.29, 0.717) is 24.2 Å². The van der Waals surface area contributed by atoms with Gasteiger partial charge in [-0.3, -0.25) is 4.68 Å². The van der Waals surface area contributed by atoms with E-state index in [9.17, 15) is 18.4 Å². The van der Waals surface area contributed by atoms with Crippen molar-refractivity contribution in [2.45, 2.75) is 51.9 Å². The van der Waals surface area contributed by atoms with Crippen molar-refractivity contribution >= 4 is 11.3 Å². The summed E-state index contributed by atoms with van der Waals surface area (Å²) in [6.07, 6.45) is 6.20. The summed E-state index contributed by atoms with van der Waals surface area (Å²) < 4.78 is 42.6. The molecule has 2 atom stereocenters. The molecule has 0 spiro atoms. The summed E-state index contributed by atoms with van der Waals surface area (Å²) in [4.78, 5) is 6.91. The minimum absolute atomic E-state index is 0.246. The maximum absolute atomic E-state index is 13.1. The smallest absolute Gasteiger partial charge is 0.357 e. The first-order valence-electron chi connectivity index (χ1n) is 12.9. The number of hydrogen-bond donors (Lipinski definition) is 1. The molecule has 0 amide bonds.